The number of nitrogens with zero attached hydrogens (tertiary/aromatic N) is 1. The summed E-state index contributed by atoms with van der Waals surface area (Å²) in [6.45, 7) is 2.62. The van der Waals surface area contributed by atoms with Crippen LogP contribution in [0.3, 0.4) is 0 Å². The van der Waals surface area contributed by atoms with Gasteiger partial charge >= 0.3 is 0 Å². The molecule has 3 nitrogen and oxygen atoms in total. The predicted molar refractivity (Wildman–Crippen MR) is 56.2 cm³/mol. The monoisotopic (exact) mass is 210 g/mol. The van der Waals surface area contributed by atoms with Crippen LogP contribution < -0.4 is 5.32 Å². The topological polar surface area (TPSA) is 34.1 Å². The Morgan fingerprint density at radius 2 is 2.20 bits per heavy atom. The van der Waals surface area contributed by atoms with E-state index in [1.807, 2.05) is 0 Å². The van der Waals surface area contributed by atoms with Gasteiger partial charge in [-0.1, -0.05) is 0 Å². The van der Waals surface area contributed by atoms with Crippen LogP contribution in [0.2, 0.25) is 0 Å². The molecule has 0 amide bonds. The van der Waals surface area contributed by atoms with Crippen molar-refractivity contribution in [3.8, 4) is 0 Å². The molecular weight excluding hydrogens is 195 g/mol. The van der Waals surface area contributed by atoms with Gasteiger partial charge in [0.05, 0.1) is 11.9 Å². The molecule has 1 saturated heterocycles. The number of pyridine rings is 1. The Kier molecular flexibility index (Phi) is 3.50. The quantitative estimate of drug-likeness (QED) is 0.775. The van der Waals surface area contributed by atoms with Gasteiger partial charge in [-0.15, -0.1) is 0 Å². The van der Waals surface area contributed by atoms with Crippen molar-refractivity contribution in [1.29, 1.82) is 0 Å². The number of nitrogens with one attached hydrogen (secondary N) is 1. The van der Waals surface area contributed by atoms with Crippen LogP contribution in [0, 0.1) is 11.9 Å². The summed E-state index contributed by atoms with van der Waals surface area (Å²) >= 11 is 0. The van der Waals surface area contributed by atoms with E-state index < -0.39 is 5.95 Å². The Balaban J connectivity index is 1.79. The van der Waals surface area contributed by atoms with Crippen molar-refractivity contribution < 1.29 is 9.13 Å². The first kappa shape index (κ1) is 10.4. The van der Waals surface area contributed by atoms with Crippen LogP contribution in [0.5, 0.6) is 0 Å². The lowest BCUT2D eigenvalue weighted by atomic mass is 10.0. The van der Waals surface area contributed by atoms with Gasteiger partial charge < -0.3 is 10.1 Å². The summed E-state index contributed by atoms with van der Waals surface area (Å²) in [6.07, 6.45) is 3.72. The summed E-state index contributed by atoms with van der Waals surface area (Å²) < 4.78 is 17.8. The van der Waals surface area contributed by atoms with Gasteiger partial charge in [0, 0.05) is 19.8 Å². The first-order valence-electron chi connectivity index (χ1n) is 5.28. The molecule has 0 unspecified atom stereocenters. The van der Waals surface area contributed by atoms with Crippen LogP contribution >= 0.6 is 0 Å². The van der Waals surface area contributed by atoms with Crippen LogP contribution in [-0.2, 0) is 4.74 Å². The second-order valence-corrected chi connectivity index (χ2v) is 3.81. The van der Waals surface area contributed by atoms with Gasteiger partial charge in [0.15, 0.2) is 0 Å². The molecule has 1 aliphatic rings. The molecule has 2 heterocycles. The average molecular weight is 210 g/mol. The summed E-state index contributed by atoms with van der Waals surface area (Å²) in [7, 11) is 0. The van der Waals surface area contributed by atoms with Gasteiger partial charge in [-0.2, -0.15) is 4.39 Å². The molecule has 0 bridgehead atoms. The van der Waals surface area contributed by atoms with E-state index in [0.717, 1.165) is 38.3 Å². The molecule has 0 aromatic carbocycles. The molecular formula is C11H15FN2O. The van der Waals surface area contributed by atoms with E-state index in [4.69, 9.17) is 4.74 Å². The standard InChI is InChI=1S/C11H15FN2O/c12-11-2-1-10(8-14-11)13-7-9-3-5-15-6-4-9/h1-2,8-9,13H,3-7H2. The third-order valence-electron chi connectivity index (χ3n) is 2.66. The highest BCUT2D eigenvalue weighted by atomic mass is 19.1. The second-order valence-electron chi connectivity index (χ2n) is 3.81. The van der Waals surface area contributed by atoms with Crippen molar-refractivity contribution >= 4 is 5.69 Å². The van der Waals surface area contributed by atoms with Gasteiger partial charge in [0.1, 0.15) is 0 Å². The minimum Gasteiger partial charge on any atom is -0.384 e. The Bertz CT molecular complexity index is 296. The number of rotatable bonds is 3. The van der Waals surface area contributed by atoms with E-state index in [2.05, 4.69) is 10.3 Å². The van der Waals surface area contributed by atoms with Gasteiger partial charge in [-0.3, -0.25) is 0 Å². The number of anilines is 1. The Hall–Kier alpha value is -1.16. The zero-order chi connectivity index (χ0) is 10.5. The van der Waals surface area contributed by atoms with Crippen molar-refractivity contribution in [3.63, 3.8) is 0 Å². The highest BCUT2D eigenvalue weighted by Gasteiger charge is 2.13. The van der Waals surface area contributed by atoms with Crippen molar-refractivity contribution in [2.24, 2.45) is 5.92 Å². The van der Waals surface area contributed by atoms with E-state index in [1.54, 1.807) is 6.07 Å². The van der Waals surface area contributed by atoms with Crippen LogP contribution in [0.15, 0.2) is 18.3 Å². The molecule has 1 aromatic heterocycles. The van der Waals surface area contributed by atoms with Crippen molar-refractivity contribution in [3.05, 3.63) is 24.3 Å². The zero-order valence-electron chi connectivity index (χ0n) is 8.58. The molecule has 0 saturated carbocycles. The summed E-state index contributed by atoms with van der Waals surface area (Å²) in [5, 5.41) is 3.26. The summed E-state index contributed by atoms with van der Waals surface area (Å²) in [4.78, 5) is 3.59. The Morgan fingerprint density at radius 3 is 2.87 bits per heavy atom. The van der Waals surface area contributed by atoms with Gasteiger partial charge in [-0.05, 0) is 30.9 Å². The largest absolute Gasteiger partial charge is 0.384 e. The van der Waals surface area contributed by atoms with Crippen LogP contribution in [0.4, 0.5) is 10.1 Å². The van der Waals surface area contributed by atoms with E-state index in [9.17, 15) is 4.39 Å². The summed E-state index contributed by atoms with van der Waals surface area (Å²) in [6, 6.07) is 3.08. The fourth-order valence-electron chi connectivity index (χ4n) is 1.69. The number of ether oxygens (including phenoxy) is 1. The van der Waals surface area contributed by atoms with E-state index in [-0.39, 0.29) is 0 Å². The normalized spacial score (nSPS) is 17.7. The predicted octanol–water partition coefficient (Wildman–Crippen LogP) is 2.06. The number of hydrogen-bond donors (Lipinski definition) is 1. The minimum atomic E-state index is -0.438. The third-order valence-corrected chi connectivity index (χ3v) is 2.66. The SMILES string of the molecule is Fc1ccc(NCC2CCOCC2)cn1. The fraction of sp³-hybridized carbons (Fsp3) is 0.545. The lowest BCUT2D eigenvalue weighted by molar-refractivity contribution is 0.0699. The molecule has 1 aliphatic heterocycles. The molecule has 0 spiro atoms. The molecule has 15 heavy (non-hydrogen) atoms. The molecule has 0 radical (unpaired) electrons. The maximum atomic E-state index is 12.5. The molecule has 1 N–H and O–H groups in total. The Morgan fingerprint density at radius 1 is 1.40 bits per heavy atom. The van der Waals surface area contributed by atoms with Gasteiger partial charge in [-0.25, -0.2) is 4.98 Å². The van der Waals surface area contributed by atoms with Gasteiger partial charge in [0.2, 0.25) is 5.95 Å². The van der Waals surface area contributed by atoms with Crippen molar-refractivity contribution in [1.82, 2.24) is 4.98 Å². The summed E-state index contributed by atoms with van der Waals surface area (Å²) in [5.74, 6) is 0.218. The first-order valence-corrected chi connectivity index (χ1v) is 5.28. The molecule has 0 aliphatic carbocycles. The highest BCUT2D eigenvalue weighted by molar-refractivity contribution is 5.39. The lowest BCUT2D eigenvalue weighted by Crippen LogP contribution is -2.22. The van der Waals surface area contributed by atoms with E-state index in [1.165, 1.54) is 12.3 Å². The van der Waals surface area contributed by atoms with E-state index >= 15 is 0 Å². The zero-order valence-corrected chi connectivity index (χ0v) is 8.58. The van der Waals surface area contributed by atoms with Gasteiger partial charge in [0.25, 0.3) is 0 Å². The smallest absolute Gasteiger partial charge is 0.212 e. The van der Waals surface area contributed by atoms with Crippen LogP contribution in [0.1, 0.15) is 12.8 Å². The molecule has 4 heteroatoms. The molecule has 0 atom stereocenters. The maximum Gasteiger partial charge on any atom is 0.212 e. The average Bonchev–Trinajstić information content (AvgIpc) is 2.30. The first-order chi connectivity index (χ1) is 7.34. The molecule has 82 valence electrons. The van der Waals surface area contributed by atoms with Crippen molar-refractivity contribution in [2.75, 3.05) is 25.1 Å². The maximum absolute atomic E-state index is 12.5. The minimum absolute atomic E-state index is 0.438. The fourth-order valence-corrected chi connectivity index (χ4v) is 1.69. The van der Waals surface area contributed by atoms with Crippen LogP contribution in [0.25, 0.3) is 0 Å². The highest BCUT2D eigenvalue weighted by Crippen LogP contribution is 2.15. The third kappa shape index (κ3) is 3.16. The van der Waals surface area contributed by atoms with Crippen molar-refractivity contribution in [2.45, 2.75) is 12.8 Å². The lowest BCUT2D eigenvalue weighted by Gasteiger charge is -2.22. The number of aromatic nitrogens is 1. The van der Waals surface area contributed by atoms with E-state index in [0.29, 0.717) is 5.92 Å². The molecule has 2 rings (SSSR count). The molecule has 1 fully saturated rings. The summed E-state index contributed by atoms with van der Waals surface area (Å²) in [5.41, 5.74) is 0.878. The van der Waals surface area contributed by atoms with Crippen LogP contribution in [-0.4, -0.2) is 24.7 Å². The molecule has 1 aromatic rings. The number of halogens is 1. The Labute approximate surface area is 88.7 Å². The number of hydrogen-bond acceptors (Lipinski definition) is 3. The second kappa shape index (κ2) is 5.07.